The first kappa shape index (κ1) is 18.3. The van der Waals surface area contributed by atoms with Gasteiger partial charge in [-0.3, -0.25) is 4.79 Å². The van der Waals surface area contributed by atoms with E-state index in [-0.39, 0.29) is 11.6 Å². The van der Waals surface area contributed by atoms with Gasteiger partial charge >= 0.3 is 0 Å². The average molecular weight is 368 g/mol. The minimum Gasteiger partial charge on any atom is -0.496 e. The molecule has 3 rings (SSSR count). The first-order chi connectivity index (χ1) is 13.1. The van der Waals surface area contributed by atoms with Crippen LogP contribution in [0.15, 0.2) is 47.1 Å². The van der Waals surface area contributed by atoms with Crippen LogP contribution in [0.3, 0.4) is 0 Å². The summed E-state index contributed by atoms with van der Waals surface area (Å²) < 4.78 is 21.3. The van der Waals surface area contributed by atoms with Gasteiger partial charge in [0, 0.05) is 0 Å². The molecule has 0 fully saturated rings. The number of amides is 1. The van der Waals surface area contributed by atoms with E-state index in [0.29, 0.717) is 40.0 Å². The van der Waals surface area contributed by atoms with Crippen LogP contribution in [0, 0.1) is 0 Å². The third-order valence-electron chi connectivity index (χ3n) is 4.05. The molecule has 27 heavy (non-hydrogen) atoms. The zero-order valence-corrected chi connectivity index (χ0v) is 15.5. The van der Waals surface area contributed by atoms with Crippen molar-refractivity contribution in [2.45, 2.75) is 0 Å². The molecule has 0 atom stereocenters. The third kappa shape index (κ3) is 3.57. The minimum absolute atomic E-state index is 0.269. The van der Waals surface area contributed by atoms with Crippen LogP contribution in [0.1, 0.15) is 11.1 Å². The van der Waals surface area contributed by atoms with Crippen molar-refractivity contribution in [3.63, 3.8) is 0 Å². The van der Waals surface area contributed by atoms with Gasteiger partial charge in [-0.05, 0) is 35.9 Å². The Bertz CT molecular complexity index is 909. The van der Waals surface area contributed by atoms with Crippen LogP contribution in [0.2, 0.25) is 0 Å². The number of amidine groups is 1. The molecule has 0 bridgehead atoms. The standard InChI is InChI=1S/C20H20N2O5/c1-24-15-8-6-5-7-13(15)19-21-14(20(23)22-19)9-12-10-16(25-2)18(27-4)17(11-12)26-3/h5-11H,1-4H3,(H,21,22,23)/b14-9+. The topological polar surface area (TPSA) is 78.4 Å². The number of para-hydroxylation sites is 1. The van der Waals surface area contributed by atoms with Gasteiger partial charge in [0.25, 0.3) is 5.91 Å². The van der Waals surface area contributed by atoms with Gasteiger partial charge in [-0.2, -0.15) is 0 Å². The van der Waals surface area contributed by atoms with Gasteiger partial charge in [0.05, 0.1) is 34.0 Å². The molecule has 0 spiro atoms. The molecule has 2 aromatic carbocycles. The fraction of sp³-hybridized carbons (Fsp3) is 0.200. The number of nitrogens with zero attached hydrogens (tertiary/aromatic N) is 1. The SMILES string of the molecule is COc1ccccc1C1=N/C(=C/c2cc(OC)c(OC)c(OC)c2)C(=O)N1. The lowest BCUT2D eigenvalue weighted by Gasteiger charge is -2.12. The van der Waals surface area contributed by atoms with E-state index in [2.05, 4.69) is 10.3 Å². The highest BCUT2D eigenvalue weighted by Crippen LogP contribution is 2.38. The van der Waals surface area contributed by atoms with E-state index in [4.69, 9.17) is 18.9 Å². The van der Waals surface area contributed by atoms with E-state index in [1.54, 1.807) is 25.3 Å². The maximum atomic E-state index is 12.4. The van der Waals surface area contributed by atoms with E-state index >= 15 is 0 Å². The number of carbonyl (C=O) groups excluding carboxylic acids is 1. The Morgan fingerprint density at radius 3 is 2.11 bits per heavy atom. The molecule has 1 amide bonds. The van der Waals surface area contributed by atoms with Crippen molar-refractivity contribution in [3.8, 4) is 23.0 Å². The molecule has 0 saturated heterocycles. The molecule has 0 aromatic heterocycles. The van der Waals surface area contributed by atoms with E-state index in [1.807, 2.05) is 24.3 Å². The summed E-state index contributed by atoms with van der Waals surface area (Å²) >= 11 is 0. The number of ether oxygens (including phenoxy) is 4. The maximum absolute atomic E-state index is 12.4. The van der Waals surface area contributed by atoms with Gasteiger partial charge in [-0.25, -0.2) is 4.99 Å². The van der Waals surface area contributed by atoms with Crippen molar-refractivity contribution in [3.05, 3.63) is 53.2 Å². The number of hydrogen-bond donors (Lipinski definition) is 1. The predicted octanol–water partition coefficient (Wildman–Crippen LogP) is 2.64. The van der Waals surface area contributed by atoms with Gasteiger partial charge in [0.1, 0.15) is 17.3 Å². The normalized spacial score (nSPS) is 14.6. The molecule has 2 aromatic rings. The molecule has 7 nitrogen and oxygen atoms in total. The lowest BCUT2D eigenvalue weighted by molar-refractivity contribution is -0.115. The van der Waals surface area contributed by atoms with E-state index < -0.39 is 0 Å². The first-order valence-electron chi connectivity index (χ1n) is 8.16. The second kappa shape index (κ2) is 7.82. The molecule has 0 saturated carbocycles. The summed E-state index contributed by atoms with van der Waals surface area (Å²) in [4.78, 5) is 16.8. The smallest absolute Gasteiger partial charge is 0.275 e. The van der Waals surface area contributed by atoms with Crippen LogP contribution in [0.25, 0.3) is 6.08 Å². The number of hydrogen-bond acceptors (Lipinski definition) is 6. The summed E-state index contributed by atoms with van der Waals surface area (Å²) in [7, 11) is 6.18. The van der Waals surface area contributed by atoms with Crippen molar-refractivity contribution in [1.29, 1.82) is 0 Å². The van der Waals surface area contributed by atoms with E-state index in [1.165, 1.54) is 21.3 Å². The Morgan fingerprint density at radius 1 is 0.889 bits per heavy atom. The predicted molar refractivity (Wildman–Crippen MR) is 102 cm³/mol. The van der Waals surface area contributed by atoms with Crippen LogP contribution in [0.4, 0.5) is 0 Å². The second-order valence-corrected chi connectivity index (χ2v) is 5.60. The Kier molecular flexibility index (Phi) is 5.30. The molecule has 0 radical (unpaired) electrons. The van der Waals surface area contributed by atoms with Crippen LogP contribution in [-0.2, 0) is 4.79 Å². The highest BCUT2D eigenvalue weighted by atomic mass is 16.5. The molecule has 0 unspecified atom stereocenters. The summed E-state index contributed by atoms with van der Waals surface area (Å²) in [6.07, 6.45) is 1.65. The number of aliphatic imine (C=N–C) groups is 1. The lowest BCUT2D eigenvalue weighted by atomic mass is 10.1. The van der Waals surface area contributed by atoms with Gasteiger partial charge < -0.3 is 24.3 Å². The summed E-state index contributed by atoms with van der Waals surface area (Å²) in [6, 6.07) is 10.8. The number of carbonyl (C=O) groups is 1. The summed E-state index contributed by atoms with van der Waals surface area (Å²) in [5.74, 6) is 2.25. The molecule has 1 heterocycles. The fourth-order valence-corrected chi connectivity index (χ4v) is 2.78. The summed E-state index contributed by atoms with van der Waals surface area (Å²) in [5, 5.41) is 2.77. The highest BCUT2D eigenvalue weighted by molar-refractivity contribution is 6.20. The van der Waals surface area contributed by atoms with Gasteiger partial charge in [0.2, 0.25) is 5.75 Å². The number of nitrogens with one attached hydrogen (secondary N) is 1. The van der Waals surface area contributed by atoms with Crippen LogP contribution in [0.5, 0.6) is 23.0 Å². The Morgan fingerprint density at radius 2 is 1.52 bits per heavy atom. The highest BCUT2D eigenvalue weighted by Gasteiger charge is 2.23. The van der Waals surface area contributed by atoms with Gasteiger partial charge in [0.15, 0.2) is 11.5 Å². The van der Waals surface area contributed by atoms with Crippen molar-refractivity contribution in [1.82, 2.24) is 5.32 Å². The Hall–Kier alpha value is -3.48. The van der Waals surface area contributed by atoms with Crippen LogP contribution >= 0.6 is 0 Å². The molecular formula is C20H20N2O5. The van der Waals surface area contributed by atoms with E-state index in [9.17, 15) is 4.79 Å². The van der Waals surface area contributed by atoms with Crippen LogP contribution in [-0.4, -0.2) is 40.2 Å². The Labute approximate surface area is 157 Å². The number of benzene rings is 2. The zero-order valence-electron chi connectivity index (χ0n) is 15.5. The third-order valence-corrected chi connectivity index (χ3v) is 4.05. The molecule has 0 aliphatic carbocycles. The molecule has 1 aliphatic rings. The number of methoxy groups -OCH3 is 4. The van der Waals surface area contributed by atoms with Crippen molar-refractivity contribution >= 4 is 17.8 Å². The summed E-state index contributed by atoms with van der Waals surface area (Å²) in [5.41, 5.74) is 1.67. The molecule has 7 heteroatoms. The zero-order chi connectivity index (χ0) is 19.4. The summed E-state index contributed by atoms with van der Waals surface area (Å²) in [6.45, 7) is 0. The van der Waals surface area contributed by atoms with Gasteiger partial charge in [-0.1, -0.05) is 12.1 Å². The maximum Gasteiger partial charge on any atom is 0.275 e. The molecule has 1 aliphatic heterocycles. The van der Waals surface area contributed by atoms with Crippen LogP contribution < -0.4 is 24.3 Å². The van der Waals surface area contributed by atoms with Crippen molar-refractivity contribution < 1.29 is 23.7 Å². The molecule has 140 valence electrons. The molecular weight excluding hydrogens is 348 g/mol. The Balaban J connectivity index is 2.02. The van der Waals surface area contributed by atoms with Gasteiger partial charge in [-0.15, -0.1) is 0 Å². The first-order valence-corrected chi connectivity index (χ1v) is 8.16. The molecule has 1 N–H and O–H groups in total. The van der Waals surface area contributed by atoms with Crippen molar-refractivity contribution in [2.24, 2.45) is 4.99 Å². The monoisotopic (exact) mass is 368 g/mol. The second-order valence-electron chi connectivity index (χ2n) is 5.60. The quantitative estimate of drug-likeness (QED) is 0.793. The lowest BCUT2D eigenvalue weighted by Crippen LogP contribution is -2.25. The minimum atomic E-state index is -0.301. The van der Waals surface area contributed by atoms with E-state index in [0.717, 1.165) is 0 Å². The van der Waals surface area contributed by atoms with Crippen molar-refractivity contribution in [2.75, 3.05) is 28.4 Å². The average Bonchev–Trinajstić information content (AvgIpc) is 3.07. The number of rotatable bonds is 6. The fourth-order valence-electron chi connectivity index (χ4n) is 2.78. The largest absolute Gasteiger partial charge is 0.496 e.